The lowest BCUT2D eigenvalue weighted by atomic mass is 9.94. The zero-order chi connectivity index (χ0) is 25.1. The number of nitrogens with zero attached hydrogens (tertiary/aromatic N) is 1. The van der Waals surface area contributed by atoms with Crippen LogP contribution in [0.4, 0.5) is 26.3 Å². The summed E-state index contributed by atoms with van der Waals surface area (Å²) >= 11 is 0. The molecule has 1 aliphatic heterocycles. The van der Waals surface area contributed by atoms with Crippen LogP contribution in [0.5, 0.6) is 5.75 Å². The zero-order valence-electron chi connectivity index (χ0n) is 17.9. The summed E-state index contributed by atoms with van der Waals surface area (Å²) < 4.78 is 84.2. The number of carbonyl (C=O) groups is 1. The highest BCUT2D eigenvalue weighted by molar-refractivity contribution is 5.67. The molecule has 2 aromatic rings. The number of carboxylic acids is 1. The Morgan fingerprint density at radius 1 is 1.06 bits per heavy atom. The van der Waals surface area contributed by atoms with E-state index in [1.54, 1.807) is 23.1 Å². The van der Waals surface area contributed by atoms with E-state index in [-0.39, 0.29) is 19.1 Å². The topological polar surface area (TPSA) is 70.0 Å². The van der Waals surface area contributed by atoms with Crippen molar-refractivity contribution in [1.82, 2.24) is 4.90 Å². The fourth-order valence-electron chi connectivity index (χ4n) is 3.85. The number of aliphatic carboxylic acids is 1. The van der Waals surface area contributed by atoms with Crippen molar-refractivity contribution in [3.63, 3.8) is 0 Å². The van der Waals surface area contributed by atoms with Crippen molar-refractivity contribution in [3.05, 3.63) is 64.7 Å². The summed E-state index contributed by atoms with van der Waals surface area (Å²) in [6.07, 6.45) is -10.5. The van der Waals surface area contributed by atoms with E-state index in [4.69, 9.17) is 9.84 Å². The number of rotatable bonds is 9. The summed E-state index contributed by atoms with van der Waals surface area (Å²) in [5.74, 6) is -0.585. The molecule has 186 valence electrons. The Morgan fingerprint density at radius 2 is 1.76 bits per heavy atom. The van der Waals surface area contributed by atoms with E-state index in [1.807, 2.05) is 0 Å². The molecule has 34 heavy (non-hydrogen) atoms. The third kappa shape index (κ3) is 6.86. The number of alkyl halides is 6. The van der Waals surface area contributed by atoms with Gasteiger partial charge in [0.25, 0.3) is 0 Å². The van der Waals surface area contributed by atoms with Crippen molar-refractivity contribution in [2.45, 2.75) is 37.8 Å². The van der Waals surface area contributed by atoms with E-state index in [2.05, 4.69) is 0 Å². The summed E-state index contributed by atoms with van der Waals surface area (Å²) in [5.41, 5.74) is -2.20. The summed E-state index contributed by atoms with van der Waals surface area (Å²) in [4.78, 5) is 12.4. The molecule has 0 spiro atoms. The monoisotopic (exact) mass is 491 g/mol. The Morgan fingerprint density at radius 3 is 2.38 bits per heavy atom. The molecule has 0 aliphatic carbocycles. The fraction of sp³-hybridized carbons (Fsp3) is 0.435. The molecule has 1 heterocycles. The number of benzene rings is 2. The lowest BCUT2D eigenvalue weighted by Gasteiger charge is -2.39. The Labute approximate surface area is 191 Å². The van der Waals surface area contributed by atoms with Gasteiger partial charge in [-0.25, -0.2) is 0 Å². The minimum atomic E-state index is -4.75. The van der Waals surface area contributed by atoms with Gasteiger partial charge in [0.05, 0.1) is 30.3 Å². The molecule has 1 fully saturated rings. The Balaban J connectivity index is 1.51. The predicted octanol–water partition coefficient (Wildman–Crippen LogP) is 5.13. The highest BCUT2D eigenvalue weighted by Gasteiger charge is 2.38. The van der Waals surface area contributed by atoms with Crippen molar-refractivity contribution < 1.29 is 46.1 Å². The van der Waals surface area contributed by atoms with Crippen molar-refractivity contribution in [1.29, 1.82) is 0 Å². The van der Waals surface area contributed by atoms with Gasteiger partial charge < -0.3 is 14.9 Å². The van der Waals surface area contributed by atoms with E-state index in [0.29, 0.717) is 49.0 Å². The van der Waals surface area contributed by atoms with E-state index in [0.717, 1.165) is 0 Å². The molecule has 0 saturated carbocycles. The van der Waals surface area contributed by atoms with Crippen LogP contribution < -0.4 is 4.74 Å². The van der Waals surface area contributed by atoms with E-state index >= 15 is 0 Å². The first-order chi connectivity index (χ1) is 15.8. The van der Waals surface area contributed by atoms with Gasteiger partial charge in [0.2, 0.25) is 0 Å². The molecule has 2 aromatic carbocycles. The van der Waals surface area contributed by atoms with Gasteiger partial charge in [0.15, 0.2) is 0 Å². The van der Waals surface area contributed by atoms with E-state index in [9.17, 15) is 36.2 Å². The number of hydrogen-bond acceptors (Lipinski definition) is 4. The molecule has 0 unspecified atom stereocenters. The molecule has 1 aliphatic rings. The van der Waals surface area contributed by atoms with Crippen molar-refractivity contribution >= 4 is 5.97 Å². The maximum Gasteiger partial charge on any atom is 0.416 e. The molecule has 0 radical (unpaired) electrons. The maximum atomic E-state index is 13.2. The quantitative estimate of drug-likeness (QED) is 0.476. The molecule has 0 amide bonds. The van der Waals surface area contributed by atoms with Gasteiger partial charge >= 0.3 is 18.3 Å². The number of hydrogen-bond donors (Lipinski definition) is 2. The predicted molar refractivity (Wildman–Crippen MR) is 109 cm³/mol. The first-order valence-electron chi connectivity index (χ1n) is 10.4. The molecule has 1 atom stereocenters. The Hall–Kier alpha value is -2.79. The Bertz CT molecular complexity index is 1000. The zero-order valence-corrected chi connectivity index (χ0v) is 17.9. The highest BCUT2D eigenvalue weighted by Crippen LogP contribution is 2.37. The van der Waals surface area contributed by atoms with Crippen LogP contribution in [-0.2, 0) is 23.7 Å². The van der Waals surface area contributed by atoms with Gasteiger partial charge in [0, 0.05) is 19.6 Å². The molecule has 2 N–H and O–H groups in total. The van der Waals surface area contributed by atoms with Crippen LogP contribution in [0.15, 0.2) is 42.5 Å². The lowest BCUT2D eigenvalue weighted by Crippen LogP contribution is -2.46. The summed E-state index contributed by atoms with van der Waals surface area (Å²) in [5, 5.41) is 18.7. The van der Waals surface area contributed by atoms with Crippen LogP contribution in [0.3, 0.4) is 0 Å². The second-order valence-electron chi connectivity index (χ2n) is 8.25. The molecule has 0 aromatic heterocycles. The number of aliphatic hydroxyl groups is 1. The highest BCUT2D eigenvalue weighted by atomic mass is 19.4. The minimum absolute atomic E-state index is 0.112. The van der Waals surface area contributed by atoms with Gasteiger partial charge in [0.1, 0.15) is 5.75 Å². The van der Waals surface area contributed by atoms with Crippen molar-refractivity contribution in [2.75, 3.05) is 19.7 Å². The smallest absolute Gasteiger partial charge is 0.416 e. The molecule has 0 bridgehead atoms. The number of aliphatic hydroxyl groups excluding tert-OH is 1. The normalized spacial score (nSPS) is 16.2. The number of likely N-dealkylation sites (tertiary alicyclic amines) is 1. The second-order valence-corrected chi connectivity index (χ2v) is 8.25. The summed E-state index contributed by atoms with van der Waals surface area (Å²) in [6.45, 7) is 0.899. The van der Waals surface area contributed by atoms with Crippen LogP contribution in [-0.4, -0.2) is 40.8 Å². The van der Waals surface area contributed by atoms with E-state index < -0.39 is 47.5 Å². The third-order valence-corrected chi connectivity index (χ3v) is 5.57. The summed E-state index contributed by atoms with van der Waals surface area (Å²) in [7, 11) is 0. The van der Waals surface area contributed by atoms with Crippen LogP contribution in [0.25, 0.3) is 0 Å². The molecule has 5 nitrogen and oxygen atoms in total. The van der Waals surface area contributed by atoms with Gasteiger partial charge in [-0.3, -0.25) is 9.69 Å². The average Bonchev–Trinajstić information content (AvgIpc) is 2.70. The molecule has 11 heteroatoms. The average molecular weight is 491 g/mol. The van der Waals surface area contributed by atoms with Gasteiger partial charge in [-0.05, 0) is 53.8 Å². The van der Waals surface area contributed by atoms with Crippen LogP contribution >= 0.6 is 0 Å². The first kappa shape index (κ1) is 25.8. The van der Waals surface area contributed by atoms with Crippen LogP contribution in [0, 0.1) is 5.92 Å². The number of carboxylic acid groups (broad SMARTS) is 1. The standard InChI is InChI=1S/C23H23F6NO4/c24-22(25,26)17-4-5-19(23(27,28)29)16(8-17)13-30-11-14(12-30)6-7-34-18-3-1-2-15(9-18)20(31)10-21(32)33/h1-5,8-9,14,20,31H,6-7,10-13H2,(H,32,33)/t20-/m1/s1. The Kier molecular flexibility index (Phi) is 7.77. The largest absolute Gasteiger partial charge is 0.494 e. The first-order valence-corrected chi connectivity index (χ1v) is 10.4. The molecule has 3 rings (SSSR count). The minimum Gasteiger partial charge on any atom is -0.494 e. The van der Waals surface area contributed by atoms with Crippen molar-refractivity contribution in [3.8, 4) is 5.75 Å². The third-order valence-electron chi connectivity index (χ3n) is 5.57. The lowest BCUT2D eigenvalue weighted by molar-refractivity contribution is -0.142. The maximum absolute atomic E-state index is 13.2. The number of ether oxygens (including phenoxy) is 1. The molecular weight excluding hydrogens is 468 g/mol. The number of halogens is 6. The fourth-order valence-corrected chi connectivity index (χ4v) is 3.85. The van der Waals surface area contributed by atoms with Crippen molar-refractivity contribution in [2.24, 2.45) is 5.92 Å². The van der Waals surface area contributed by atoms with Gasteiger partial charge in [-0.2, -0.15) is 26.3 Å². The van der Waals surface area contributed by atoms with E-state index in [1.165, 1.54) is 6.07 Å². The SMILES string of the molecule is O=C(O)C[C@@H](O)c1cccc(OCCC2CN(Cc3cc(C(F)(F)F)ccc3C(F)(F)F)C2)c1. The van der Waals surface area contributed by atoms with Crippen LogP contribution in [0.1, 0.15) is 41.2 Å². The summed E-state index contributed by atoms with van der Waals surface area (Å²) in [6, 6.07) is 7.86. The van der Waals surface area contributed by atoms with Gasteiger partial charge in [-0.1, -0.05) is 12.1 Å². The van der Waals surface area contributed by atoms with Crippen LogP contribution in [0.2, 0.25) is 0 Å². The molecular formula is C23H23F6NO4. The second kappa shape index (κ2) is 10.2. The molecule has 1 saturated heterocycles. The van der Waals surface area contributed by atoms with Gasteiger partial charge in [-0.15, -0.1) is 0 Å².